The molecule has 2 rings (SSSR count). The van der Waals surface area contributed by atoms with Gasteiger partial charge in [0.15, 0.2) is 0 Å². The fourth-order valence-corrected chi connectivity index (χ4v) is 1.57. The molecule has 0 fully saturated rings. The summed E-state index contributed by atoms with van der Waals surface area (Å²) in [6.07, 6.45) is 2.75. The van der Waals surface area contributed by atoms with Crippen LogP contribution in [0.1, 0.15) is 26.3 Å². The van der Waals surface area contributed by atoms with Crippen LogP contribution in [-0.4, -0.2) is 20.1 Å². The lowest BCUT2D eigenvalue weighted by Gasteiger charge is -2.22. The van der Waals surface area contributed by atoms with Crippen LogP contribution in [0, 0.1) is 0 Å². The van der Waals surface area contributed by atoms with Gasteiger partial charge in [-0.25, -0.2) is 4.98 Å². The maximum absolute atomic E-state index is 9.57. The first-order valence-corrected chi connectivity index (χ1v) is 5.60. The van der Waals surface area contributed by atoms with Crippen LogP contribution < -0.4 is 4.74 Å². The number of aromatic nitrogens is 3. The molecule has 0 aliphatic heterocycles. The molecule has 0 radical (unpaired) electrons. The van der Waals surface area contributed by atoms with Crippen molar-refractivity contribution in [3.8, 4) is 17.5 Å². The van der Waals surface area contributed by atoms with Crippen molar-refractivity contribution in [1.82, 2.24) is 15.0 Å². The van der Waals surface area contributed by atoms with Crippen molar-refractivity contribution >= 4 is 0 Å². The van der Waals surface area contributed by atoms with Crippen LogP contribution in [-0.2, 0) is 5.41 Å². The Labute approximate surface area is 106 Å². The van der Waals surface area contributed by atoms with Gasteiger partial charge in [0.2, 0.25) is 0 Å². The molecule has 0 saturated heterocycles. The van der Waals surface area contributed by atoms with Gasteiger partial charge in [-0.05, 0) is 23.6 Å². The lowest BCUT2D eigenvalue weighted by molar-refractivity contribution is 0.415. The van der Waals surface area contributed by atoms with E-state index in [1.54, 1.807) is 18.2 Å². The first-order chi connectivity index (χ1) is 8.47. The maximum Gasteiger partial charge on any atom is 0.324 e. The maximum atomic E-state index is 9.57. The second-order valence-electron chi connectivity index (χ2n) is 4.95. The Morgan fingerprint density at radius 2 is 1.78 bits per heavy atom. The van der Waals surface area contributed by atoms with E-state index in [1.807, 2.05) is 20.8 Å². The van der Waals surface area contributed by atoms with Crippen LogP contribution in [0.25, 0.3) is 0 Å². The third-order valence-electron chi connectivity index (χ3n) is 2.44. The van der Waals surface area contributed by atoms with Crippen molar-refractivity contribution in [2.45, 2.75) is 26.2 Å². The number of aromatic hydroxyl groups is 1. The smallest absolute Gasteiger partial charge is 0.324 e. The molecule has 1 heterocycles. The molecule has 2 aromatic rings. The molecule has 0 unspecified atom stereocenters. The molecule has 0 aliphatic carbocycles. The van der Waals surface area contributed by atoms with Crippen molar-refractivity contribution < 1.29 is 9.84 Å². The van der Waals surface area contributed by atoms with Gasteiger partial charge in [-0.15, -0.1) is 0 Å². The highest BCUT2D eigenvalue weighted by Gasteiger charge is 2.20. The van der Waals surface area contributed by atoms with Crippen LogP contribution in [0.15, 0.2) is 30.9 Å². The van der Waals surface area contributed by atoms with Crippen molar-refractivity contribution in [2.24, 2.45) is 0 Å². The number of nitrogens with zero attached hydrogens (tertiary/aromatic N) is 3. The molecule has 0 atom stereocenters. The van der Waals surface area contributed by atoms with Gasteiger partial charge in [0.25, 0.3) is 0 Å². The number of ether oxygens (including phenoxy) is 1. The number of rotatable bonds is 2. The highest BCUT2D eigenvalue weighted by molar-refractivity contribution is 5.44. The topological polar surface area (TPSA) is 68.1 Å². The van der Waals surface area contributed by atoms with E-state index in [4.69, 9.17) is 4.74 Å². The number of phenolic OH excluding ortho intramolecular Hbond substituents is 1. The lowest BCUT2D eigenvalue weighted by atomic mass is 9.86. The van der Waals surface area contributed by atoms with Crippen LogP contribution in [0.3, 0.4) is 0 Å². The van der Waals surface area contributed by atoms with Gasteiger partial charge in [-0.2, -0.15) is 9.97 Å². The summed E-state index contributed by atoms with van der Waals surface area (Å²) in [5, 5.41) is 9.57. The van der Waals surface area contributed by atoms with E-state index in [0.717, 1.165) is 5.56 Å². The summed E-state index contributed by atoms with van der Waals surface area (Å²) in [5.41, 5.74) is 0.740. The molecular formula is C13H15N3O2. The van der Waals surface area contributed by atoms with Crippen LogP contribution in [0.2, 0.25) is 0 Å². The molecule has 18 heavy (non-hydrogen) atoms. The molecule has 0 spiro atoms. The minimum absolute atomic E-state index is 0.152. The molecule has 0 amide bonds. The van der Waals surface area contributed by atoms with E-state index in [9.17, 15) is 5.11 Å². The average Bonchev–Trinajstić information content (AvgIpc) is 2.31. The Kier molecular flexibility index (Phi) is 3.14. The van der Waals surface area contributed by atoms with Gasteiger partial charge in [-0.1, -0.05) is 20.8 Å². The van der Waals surface area contributed by atoms with Gasteiger partial charge in [0, 0.05) is 5.56 Å². The van der Waals surface area contributed by atoms with Gasteiger partial charge < -0.3 is 9.84 Å². The van der Waals surface area contributed by atoms with Crippen molar-refractivity contribution in [2.75, 3.05) is 0 Å². The lowest BCUT2D eigenvalue weighted by Crippen LogP contribution is -2.12. The Hall–Kier alpha value is -2.17. The Morgan fingerprint density at radius 3 is 2.39 bits per heavy atom. The predicted molar refractivity (Wildman–Crippen MR) is 66.7 cm³/mol. The largest absolute Gasteiger partial charge is 0.508 e. The van der Waals surface area contributed by atoms with Gasteiger partial charge in [0.05, 0.1) is 0 Å². The van der Waals surface area contributed by atoms with Crippen molar-refractivity contribution in [1.29, 1.82) is 0 Å². The van der Waals surface area contributed by atoms with Gasteiger partial charge >= 0.3 is 6.01 Å². The van der Waals surface area contributed by atoms with Crippen LogP contribution in [0.4, 0.5) is 0 Å². The third-order valence-corrected chi connectivity index (χ3v) is 2.44. The molecule has 1 aromatic carbocycles. The molecule has 94 valence electrons. The molecular weight excluding hydrogens is 230 g/mol. The summed E-state index contributed by atoms with van der Waals surface area (Å²) in [4.78, 5) is 11.6. The monoisotopic (exact) mass is 245 g/mol. The van der Waals surface area contributed by atoms with E-state index in [2.05, 4.69) is 15.0 Å². The van der Waals surface area contributed by atoms with E-state index in [-0.39, 0.29) is 17.2 Å². The van der Waals surface area contributed by atoms with Crippen LogP contribution >= 0.6 is 0 Å². The zero-order valence-corrected chi connectivity index (χ0v) is 10.6. The minimum Gasteiger partial charge on any atom is -0.508 e. The van der Waals surface area contributed by atoms with Crippen molar-refractivity contribution in [3.05, 3.63) is 36.4 Å². The van der Waals surface area contributed by atoms with Crippen LogP contribution in [0.5, 0.6) is 17.5 Å². The summed E-state index contributed by atoms with van der Waals surface area (Å²) in [6.45, 7) is 6.13. The fraction of sp³-hybridized carbons (Fsp3) is 0.308. The first-order valence-electron chi connectivity index (χ1n) is 5.60. The molecule has 1 N–H and O–H groups in total. The second kappa shape index (κ2) is 4.60. The Bertz CT molecular complexity index is 536. The van der Waals surface area contributed by atoms with E-state index < -0.39 is 0 Å². The fourth-order valence-electron chi connectivity index (χ4n) is 1.57. The zero-order chi connectivity index (χ0) is 13.2. The summed E-state index contributed by atoms with van der Waals surface area (Å²) >= 11 is 0. The first kappa shape index (κ1) is 12.3. The molecule has 0 aliphatic rings. The van der Waals surface area contributed by atoms with E-state index in [0.29, 0.717) is 5.75 Å². The van der Waals surface area contributed by atoms with E-state index >= 15 is 0 Å². The summed E-state index contributed by atoms with van der Waals surface area (Å²) in [5.74, 6) is 0.842. The summed E-state index contributed by atoms with van der Waals surface area (Å²) in [7, 11) is 0. The van der Waals surface area contributed by atoms with E-state index in [1.165, 1.54) is 12.7 Å². The standard InChI is InChI=1S/C13H15N3O2/c1-13(2,3)10-6-9(17)4-5-11(10)18-12-15-7-14-8-16-12/h4-8,17H,1-3H3. The Balaban J connectivity index is 2.39. The third kappa shape index (κ3) is 2.74. The van der Waals surface area contributed by atoms with Gasteiger partial charge in [0.1, 0.15) is 24.2 Å². The molecule has 5 heteroatoms. The highest BCUT2D eigenvalue weighted by Crippen LogP contribution is 2.35. The second-order valence-corrected chi connectivity index (χ2v) is 4.95. The minimum atomic E-state index is -0.152. The summed E-state index contributed by atoms with van der Waals surface area (Å²) in [6, 6.07) is 5.21. The van der Waals surface area contributed by atoms with Crippen molar-refractivity contribution in [3.63, 3.8) is 0 Å². The summed E-state index contributed by atoms with van der Waals surface area (Å²) < 4.78 is 5.62. The normalized spacial score (nSPS) is 11.3. The predicted octanol–water partition coefficient (Wildman–Crippen LogP) is 2.67. The molecule has 1 aromatic heterocycles. The molecule has 5 nitrogen and oxygen atoms in total. The van der Waals surface area contributed by atoms with Gasteiger partial charge in [-0.3, -0.25) is 0 Å². The Morgan fingerprint density at radius 1 is 1.11 bits per heavy atom. The SMILES string of the molecule is CC(C)(C)c1cc(O)ccc1Oc1ncncn1. The highest BCUT2D eigenvalue weighted by atomic mass is 16.5. The number of hydrogen-bond donors (Lipinski definition) is 1. The number of phenols is 1. The average molecular weight is 245 g/mol. The number of benzene rings is 1. The number of hydrogen-bond acceptors (Lipinski definition) is 5. The quantitative estimate of drug-likeness (QED) is 0.880. The molecule has 0 bridgehead atoms. The molecule has 0 saturated carbocycles. The zero-order valence-electron chi connectivity index (χ0n) is 10.6.